The number of piperidine rings is 1. The number of likely N-dealkylation sites (tertiary alicyclic amines) is 1. The van der Waals surface area contributed by atoms with E-state index in [0.717, 1.165) is 37.1 Å². The van der Waals surface area contributed by atoms with E-state index >= 15 is 0 Å². The topological polar surface area (TPSA) is 58.9 Å². The van der Waals surface area contributed by atoms with Crippen LogP contribution < -0.4 is 5.32 Å². The predicted molar refractivity (Wildman–Crippen MR) is 114 cm³/mol. The molecule has 1 atom stereocenters. The van der Waals surface area contributed by atoms with E-state index in [0.29, 0.717) is 5.92 Å². The number of aryl methyl sites for hydroxylation is 2. The van der Waals surface area contributed by atoms with Gasteiger partial charge in [-0.25, -0.2) is 9.97 Å². The van der Waals surface area contributed by atoms with E-state index in [-0.39, 0.29) is 0 Å². The third-order valence-corrected chi connectivity index (χ3v) is 6.28. The molecular formula is C21H28N6S. The molecule has 28 heavy (non-hydrogen) atoms. The average molecular weight is 397 g/mol. The Balaban J connectivity index is 1.44. The van der Waals surface area contributed by atoms with Crippen molar-refractivity contribution in [2.24, 2.45) is 0 Å². The Labute approximate surface area is 170 Å². The monoisotopic (exact) mass is 396 g/mol. The number of nitrogens with zero attached hydrogens (tertiary/aromatic N) is 5. The molecule has 148 valence electrons. The quantitative estimate of drug-likeness (QED) is 0.665. The summed E-state index contributed by atoms with van der Waals surface area (Å²) in [5, 5.41) is 8.74. The van der Waals surface area contributed by atoms with Crippen molar-refractivity contribution in [3.05, 3.63) is 52.4 Å². The molecule has 1 fully saturated rings. The summed E-state index contributed by atoms with van der Waals surface area (Å²) in [6, 6.07) is 6.27. The Morgan fingerprint density at radius 3 is 2.89 bits per heavy atom. The lowest BCUT2D eigenvalue weighted by molar-refractivity contribution is 0.198. The van der Waals surface area contributed by atoms with Crippen molar-refractivity contribution in [1.29, 1.82) is 0 Å². The summed E-state index contributed by atoms with van der Waals surface area (Å²) in [6.45, 7) is 10.5. The molecule has 0 saturated carbocycles. The van der Waals surface area contributed by atoms with Crippen molar-refractivity contribution in [3.63, 3.8) is 0 Å². The molecular weight excluding hydrogens is 368 g/mol. The SMILES string of the molecule is CCn1ncc(CN2CCCC(c3cccc(Nc4ncc(C)s4)n3)C2)c1C. The van der Waals surface area contributed by atoms with Crippen LogP contribution in [0.5, 0.6) is 0 Å². The second kappa shape index (κ2) is 8.41. The van der Waals surface area contributed by atoms with Gasteiger partial charge in [-0.05, 0) is 52.3 Å². The summed E-state index contributed by atoms with van der Waals surface area (Å²) in [5.74, 6) is 1.35. The van der Waals surface area contributed by atoms with Gasteiger partial charge in [0, 0.05) is 53.6 Å². The van der Waals surface area contributed by atoms with Crippen LogP contribution in [0.2, 0.25) is 0 Å². The minimum atomic E-state index is 0.468. The van der Waals surface area contributed by atoms with Crippen LogP contribution in [0.1, 0.15) is 47.5 Å². The first-order valence-corrected chi connectivity index (χ1v) is 10.8. The summed E-state index contributed by atoms with van der Waals surface area (Å²) in [4.78, 5) is 13.0. The molecule has 0 bridgehead atoms. The predicted octanol–water partition coefficient (Wildman–Crippen LogP) is 4.49. The van der Waals surface area contributed by atoms with Crippen molar-refractivity contribution >= 4 is 22.3 Å². The number of hydrogen-bond donors (Lipinski definition) is 1. The van der Waals surface area contributed by atoms with Gasteiger partial charge in [0.25, 0.3) is 0 Å². The fourth-order valence-electron chi connectivity index (χ4n) is 3.91. The maximum absolute atomic E-state index is 4.89. The highest BCUT2D eigenvalue weighted by atomic mass is 32.1. The molecule has 3 aromatic rings. The van der Waals surface area contributed by atoms with Gasteiger partial charge < -0.3 is 5.32 Å². The van der Waals surface area contributed by atoms with Crippen LogP contribution >= 0.6 is 11.3 Å². The minimum absolute atomic E-state index is 0.468. The molecule has 1 aliphatic rings. The second-order valence-corrected chi connectivity index (χ2v) is 8.73. The summed E-state index contributed by atoms with van der Waals surface area (Å²) in [5.41, 5.74) is 3.79. The molecule has 4 rings (SSSR count). The first-order chi connectivity index (χ1) is 13.6. The lowest BCUT2D eigenvalue weighted by Gasteiger charge is -2.32. The first kappa shape index (κ1) is 19.1. The van der Waals surface area contributed by atoms with E-state index < -0.39 is 0 Å². The van der Waals surface area contributed by atoms with Gasteiger partial charge in [0.05, 0.1) is 6.20 Å². The molecule has 1 unspecified atom stereocenters. The van der Waals surface area contributed by atoms with Gasteiger partial charge in [-0.3, -0.25) is 9.58 Å². The lowest BCUT2D eigenvalue weighted by Crippen LogP contribution is -2.34. The lowest BCUT2D eigenvalue weighted by atomic mass is 9.94. The van der Waals surface area contributed by atoms with Crippen LogP contribution in [0.4, 0.5) is 10.9 Å². The molecule has 0 spiro atoms. The minimum Gasteiger partial charge on any atom is -0.316 e. The van der Waals surface area contributed by atoms with Crippen LogP contribution in [0.25, 0.3) is 0 Å². The molecule has 1 N–H and O–H groups in total. The zero-order valence-corrected chi connectivity index (χ0v) is 17.7. The van der Waals surface area contributed by atoms with E-state index in [1.807, 2.05) is 18.5 Å². The Kier molecular flexibility index (Phi) is 5.73. The number of aromatic nitrogens is 4. The highest BCUT2D eigenvalue weighted by molar-refractivity contribution is 7.15. The maximum atomic E-state index is 4.89. The van der Waals surface area contributed by atoms with Gasteiger partial charge in [0.2, 0.25) is 0 Å². The van der Waals surface area contributed by atoms with E-state index in [2.05, 4.69) is 57.9 Å². The normalized spacial score (nSPS) is 17.8. The van der Waals surface area contributed by atoms with Gasteiger partial charge >= 0.3 is 0 Å². The summed E-state index contributed by atoms with van der Waals surface area (Å²) in [7, 11) is 0. The molecule has 0 aromatic carbocycles. The van der Waals surface area contributed by atoms with Crippen LogP contribution in [0, 0.1) is 13.8 Å². The fraction of sp³-hybridized carbons (Fsp3) is 0.476. The van der Waals surface area contributed by atoms with Crippen molar-refractivity contribution in [2.45, 2.75) is 52.6 Å². The van der Waals surface area contributed by atoms with Crippen LogP contribution in [0.15, 0.2) is 30.6 Å². The Hall–Kier alpha value is -2.25. The molecule has 3 aromatic heterocycles. The van der Waals surface area contributed by atoms with Gasteiger partial charge in [0.1, 0.15) is 5.82 Å². The largest absolute Gasteiger partial charge is 0.316 e. The number of thiazole rings is 1. The molecule has 1 saturated heterocycles. The number of pyridine rings is 1. The molecule has 1 aliphatic heterocycles. The Morgan fingerprint density at radius 2 is 2.14 bits per heavy atom. The Morgan fingerprint density at radius 1 is 1.25 bits per heavy atom. The van der Waals surface area contributed by atoms with Gasteiger partial charge in [-0.1, -0.05) is 6.07 Å². The van der Waals surface area contributed by atoms with E-state index in [9.17, 15) is 0 Å². The van der Waals surface area contributed by atoms with Crippen LogP contribution in [-0.2, 0) is 13.1 Å². The summed E-state index contributed by atoms with van der Waals surface area (Å²) < 4.78 is 2.08. The van der Waals surface area contributed by atoms with Crippen LogP contribution in [-0.4, -0.2) is 37.7 Å². The molecule has 7 heteroatoms. The molecule has 4 heterocycles. The maximum Gasteiger partial charge on any atom is 0.188 e. The summed E-state index contributed by atoms with van der Waals surface area (Å²) >= 11 is 1.65. The number of nitrogens with one attached hydrogen (secondary N) is 1. The smallest absolute Gasteiger partial charge is 0.188 e. The third kappa shape index (κ3) is 4.25. The van der Waals surface area contributed by atoms with Gasteiger partial charge in [-0.2, -0.15) is 5.10 Å². The van der Waals surface area contributed by atoms with E-state index in [4.69, 9.17) is 4.98 Å². The molecule has 0 radical (unpaired) electrons. The van der Waals surface area contributed by atoms with Crippen molar-refractivity contribution in [2.75, 3.05) is 18.4 Å². The van der Waals surface area contributed by atoms with Crippen molar-refractivity contribution < 1.29 is 0 Å². The first-order valence-electron chi connectivity index (χ1n) is 10.0. The Bertz CT molecular complexity index is 931. The third-order valence-electron chi connectivity index (χ3n) is 5.45. The number of rotatable bonds is 6. The average Bonchev–Trinajstić information content (AvgIpc) is 3.27. The highest BCUT2D eigenvalue weighted by Crippen LogP contribution is 2.28. The van der Waals surface area contributed by atoms with E-state index in [1.54, 1.807) is 11.3 Å². The zero-order chi connectivity index (χ0) is 19.5. The highest BCUT2D eigenvalue weighted by Gasteiger charge is 2.23. The van der Waals surface area contributed by atoms with Gasteiger partial charge in [-0.15, -0.1) is 11.3 Å². The van der Waals surface area contributed by atoms with Crippen molar-refractivity contribution in [1.82, 2.24) is 24.6 Å². The second-order valence-electron chi connectivity index (χ2n) is 7.49. The summed E-state index contributed by atoms with van der Waals surface area (Å²) in [6.07, 6.45) is 6.31. The standard InChI is InChI=1S/C21H28N6S/c1-4-27-16(3)18(12-23-27)14-26-10-6-7-17(13-26)19-8-5-9-20(24-19)25-21-22-11-15(2)28-21/h5,8-9,11-12,17H,4,6-7,10,13-14H2,1-3H3,(H,22,24,25). The number of hydrogen-bond acceptors (Lipinski definition) is 6. The van der Waals surface area contributed by atoms with E-state index in [1.165, 1.54) is 34.7 Å². The van der Waals surface area contributed by atoms with Crippen LogP contribution in [0.3, 0.4) is 0 Å². The fourth-order valence-corrected chi connectivity index (χ4v) is 4.58. The number of anilines is 2. The molecule has 0 aliphatic carbocycles. The molecule has 6 nitrogen and oxygen atoms in total. The zero-order valence-electron chi connectivity index (χ0n) is 16.9. The molecule has 0 amide bonds. The van der Waals surface area contributed by atoms with Gasteiger partial charge in [0.15, 0.2) is 5.13 Å². The van der Waals surface area contributed by atoms with Crippen molar-refractivity contribution in [3.8, 4) is 0 Å².